The van der Waals surface area contributed by atoms with Crippen LogP contribution in [0.1, 0.15) is 19.4 Å². The lowest BCUT2D eigenvalue weighted by atomic mass is 9.94. The number of urea groups is 1. The molecular formula is C16H15Cl2FN2O. The number of anilines is 1. The van der Waals surface area contributed by atoms with Crippen LogP contribution in [0.2, 0.25) is 10.0 Å². The summed E-state index contributed by atoms with van der Waals surface area (Å²) in [5.41, 5.74) is 0.661. The van der Waals surface area contributed by atoms with Crippen molar-refractivity contribution in [2.75, 3.05) is 5.32 Å². The van der Waals surface area contributed by atoms with E-state index in [4.69, 9.17) is 23.2 Å². The molecular weight excluding hydrogens is 326 g/mol. The van der Waals surface area contributed by atoms with Crippen LogP contribution in [0, 0.1) is 5.82 Å². The van der Waals surface area contributed by atoms with Crippen LogP contribution in [0.5, 0.6) is 0 Å². The quantitative estimate of drug-likeness (QED) is 0.793. The molecule has 3 nitrogen and oxygen atoms in total. The van der Waals surface area contributed by atoms with Crippen molar-refractivity contribution < 1.29 is 9.18 Å². The van der Waals surface area contributed by atoms with E-state index in [1.54, 1.807) is 30.3 Å². The van der Waals surface area contributed by atoms with Crippen LogP contribution in [0.15, 0.2) is 42.5 Å². The van der Waals surface area contributed by atoms with Crippen LogP contribution in [0.4, 0.5) is 14.9 Å². The van der Waals surface area contributed by atoms with Gasteiger partial charge in [0.15, 0.2) is 0 Å². The van der Waals surface area contributed by atoms with Gasteiger partial charge in [0.05, 0.1) is 15.6 Å². The van der Waals surface area contributed by atoms with E-state index in [-0.39, 0.29) is 5.82 Å². The summed E-state index contributed by atoms with van der Waals surface area (Å²) < 4.78 is 13.0. The van der Waals surface area contributed by atoms with E-state index < -0.39 is 11.6 Å². The monoisotopic (exact) mass is 340 g/mol. The number of halogens is 3. The largest absolute Gasteiger partial charge is 0.329 e. The smallest absolute Gasteiger partial charge is 0.319 e. The molecule has 6 heteroatoms. The van der Waals surface area contributed by atoms with Gasteiger partial charge in [0.1, 0.15) is 5.82 Å². The van der Waals surface area contributed by atoms with E-state index in [0.29, 0.717) is 15.7 Å². The van der Waals surface area contributed by atoms with Crippen molar-refractivity contribution >= 4 is 34.9 Å². The SMILES string of the molecule is CC(C)(NC(=O)Nc1ccc(Cl)c(Cl)c1)c1ccc(F)cc1. The van der Waals surface area contributed by atoms with Crippen molar-refractivity contribution in [3.05, 3.63) is 63.9 Å². The topological polar surface area (TPSA) is 41.1 Å². The van der Waals surface area contributed by atoms with E-state index >= 15 is 0 Å². The van der Waals surface area contributed by atoms with E-state index in [1.165, 1.54) is 12.1 Å². The van der Waals surface area contributed by atoms with Gasteiger partial charge in [-0.15, -0.1) is 0 Å². The Morgan fingerprint density at radius 3 is 2.27 bits per heavy atom. The molecule has 0 radical (unpaired) electrons. The van der Waals surface area contributed by atoms with Gasteiger partial charge in [0.2, 0.25) is 0 Å². The molecule has 0 unspecified atom stereocenters. The van der Waals surface area contributed by atoms with Crippen LogP contribution in [-0.4, -0.2) is 6.03 Å². The molecule has 0 aromatic heterocycles. The fourth-order valence-corrected chi connectivity index (χ4v) is 2.26. The molecule has 22 heavy (non-hydrogen) atoms. The third-order valence-electron chi connectivity index (χ3n) is 3.17. The third kappa shape index (κ3) is 4.12. The number of rotatable bonds is 3. The van der Waals surface area contributed by atoms with Crippen molar-refractivity contribution in [3.8, 4) is 0 Å². The first-order valence-electron chi connectivity index (χ1n) is 6.58. The molecule has 116 valence electrons. The fraction of sp³-hybridized carbons (Fsp3) is 0.188. The minimum Gasteiger partial charge on any atom is -0.329 e. The van der Waals surface area contributed by atoms with Gasteiger partial charge in [-0.3, -0.25) is 0 Å². The normalized spacial score (nSPS) is 11.1. The molecule has 0 aliphatic heterocycles. The lowest BCUT2D eigenvalue weighted by molar-refractivity contribution is 0.242. The molecule has 2 rings (SSSR count). The molecule has 0 fully saturated rings. The van der Waals surface area contributed by atoms with Gasteiger partial charge in [0.25, 0.3) is 0 Å². The highest BCUT2D eigenvalue weighted by atomic mass is 35.5. The Hall–Kier alpha value is -1.78. The summed E-state index contributed by atoms with van der Waals surface area (Å²) in [5, 5.41) is 6.28. The Bertz CT molecular complexity index is 687. The average Bonchev–Trinajstić information content (AvgIpc) is 2.42. The highest BCUT2D eigenvalue weighted by Crippen LogP contribution is 2.25. The summed E-state index contributed by atoms with van der Waals surface area (Å²) >= 11 is 11.7. The molecule has 0 saturated carbocycles. The zero-order valence-electron chi connectivity index (χ0n) is 12.1. The first-order valence-corrected chi connectivity index (χ1v) is 7.34. The maximum absolute atomic E-state index is 13.0. The first kappa shape index (κ1) is 16.6. The summed E-state index contributed by atoms with van der Waals surface area (Å²) in [6, 6.07) is 10.4. The van der Waals surface area contributed by atoms with Crippen LogP contribution in [-0.2, 0) is 5.54 Å². The average molecular weight is 341 g/mol. The number of carbonyl (C=O) groups is 1. The predicted molar refractivity (Wildman–Crippen MR) is 88.0 cm³/mol. The summed E-state index contributed by atoms with van der Waals surface area (Å²) in [6.45, 7) is 3.66. The highest BCUT2D eigenvalue weighted by molar-refractivity contribution is 6.42. The standard InChI is InChI=1S/C16H15Cl2FN2O/c1-16(2,10-3-5-11(19)6-4-10)21-15(22)20-12-7-8-13(17)14(18)9-12/h3-9H,1-2H3,(H2,20,21,22). The summed E-state index contributed by atoms with van der Waals surface area (Å²) in [7, 11) is 0. The van der Waals surface area contributed by atoms with E-state index in [2.05, 4.69) is 10.6 Å². The van der Waals surface area contributed by atoms with Crippen LogP contribution >= 0.6 is 23.2 Å². The van der Waals surface area contributed by atoms with Crippen molar-refractivity contribution in [2.45, 2.75) is 19.4 Å². The van der Waals surface area contributed by atoms with E-state index in [9.17, 15) is 9.18 Å². The van der Waals surface area contributed by atoms with Crippen molar-refractivity contribution in [1.82, 2.24) is 5.32 Å². The lowest BCUT2D eigenvalue weighted by Gasteiger charge is -2.27. The van der Waals surface area contributed by atoms with Crippen LogP contribution < -0.4 is 10.6 Å². The molecule has 0 heterocycles. The van der Waals surface area contributed by atoms with E-state index in [0.717, 1.165) is 5.56 Å². The van der Waals surface area contributed by atoms with Gasteiger partial charge in [-0.25, -0.2) is 9.18 Å². The number of hydrogen-bond donors (Lipinski definition) is 2. The highest BCUT2D eigenvalue weighted by Gasteiger charge is 2.22. The second kappa shape index (κ2) is 6.55. The Balaban J connectivity index is 2.07. The second-order valence-electron chi connectivity index (χ2n) is 5.34. The zero-order chi connectivity index (χ0) is 16.3. The first-order chi connectivity index (χ1) is 10.3. The van der Waals surface area contributed by atoms with E-state index in [1.807, 2.05) is 13.8 Å². The predicted octanol–water partition coefficient (Wildman–Crippen LogP) is 5.19. The number of benzene rings is 2. The van der Waals surface area contributed by atoms with Gasteiger partial charge in [-0.2, -0.15) is 0 Å². The van der Waals surface area contributed by atoms with Gasteiger partial charge < -0.3 is 10.6 Å². The third-order valence-corrected chi connectivity index (χ3v) is 3.91. The minimum atomic E-state index is -0.659. The van der Waals surface area contributed by atoms with Gasteiger partial charge >= 0.3 is 6.03 Å². The lowest BCUT2D eigenvalue weighted by Crippen LogP contribution is -2.43. The number of amides is 2. The molecule has 0 saturated heterocycles. The van der Waals surface area contributed by atoms with Crippen molar-refractivity contribution in [2.24, 2.45) is 0 Å². The molecule has 2 N–H and O–H groups in total. The molecule has 0 bridgehead atoms. The molecule has 0 atom stereocenters. The Morgan fingerprint density at radius 1 is 1.05 bits per heavy atom. The van der Waals surface area contributed by atoms with Crippen molar-refractivity contribution in [1.29, 1.82) is 0 Å². The van der Waals surface area contributed by atoms with Gasteiger partial charge in [0, 0.05) is 5.69 Å². The summed E-state index contributed by atoms with van der Waals surface area (Å²) in [4.78, 5) is 12.1. The Kier molecular flexibility index (Phi) is 4.94. The summed E-state index contributed by atoms with van der Waals surface area (Å²) in [6.07, 6.45) is 0. The van der Waals surface area contributed by atoms with Crippen LogP contribution in [0.3, 0.4) is 0 Å². The Morgan fingerprint density at radius 2 is 1.68 bits per heavy atom. The minimum absolute atomic E-state index is 0.320. The maximum atomic E-state index is 13.0. The molecule has 2 aromatic rings. The number of nitrogens with one attached hydrogen (secondary N) is 2. The number of hydrogen-bond acceptors (Lipinski definition) is 1. The van der Waals surface area contributed by atoms with Gasteiger partial charge in [-0.05, 0) is 49.7 Å². The van der Waals surface area contributed by atoms with Gasteiger partial charge in [-0.1, -0.05) is 35.3 Å². The molecule has 0 spiro atoms. The molecule has 2 aromatic carbocycles. The van der Waals surface area contributed by atoms with Crippen LogP contribution in [0.25, 0.3) is 0 Å². The molecule has 0 aliphatic rings. The maximum Gasteiger partial charge on any atom is 0.319 e. The fourth-order valence-electron chi connectivity index (χ4n) is 1.96. The zero-order valence-corrected chi connectivity index (χ0v) is 13.6. The second-order valence-corrected chi connectivity index (χ2v) is 6.15. The summed E-state index contributed by atoms with van der Waals surface area (Å²) in [5.74, 6) is -0.320. The Labute approximate surface area is 138 Å². The molecule has 2 amide bonds. The molecule has 0 aliphatic carbocycles. The van der Waals surface area contributed by atoms with Crippen molar-refractivity contribution in [3.63, 3.8) is 0 Å². The number of carbonyl (C=O) groups excluding carboxylic acids is 1.